The number of hydrogen-bond acceptors (Lipinski definition) is 2. The molecule has 3 unspecified atom stereocenters. The average molecular weight is 281 g/mol. The van der Waals surface area contributed by atoms with Crippen LogP contribution in [-0.4, -0.2) is 22.0 Å². The van der Waals surface area contributed by atoms with Gasteiger partial charge in [-0.15, -0.1) is 0 Å². The average Bonchev–Trinajstić information content (AvgIpc) is 2.38. The van der Waals surface area contributed by atoms with Crippen LogP contribution in [0.5, 0.6) is 0 Å². The molecule has 0 aliphatic carbocycles. The SMILES string of the molecule is CCCNC(C)CC(C)S(=O)c1ccc(C)c(C)c1. The molecule has 0 aromatic heterocycles. The predicted octanol–water partition coefficient (Wildman–Crippen LogP) is 3.58. The van der Waals surface area contributed by atoms with Gasteiger partial charge in [-0.25, -0.2) is 0 Å². The van der Waals surface area contributed by atoms with Crippen molar-refractivity contribution in [3.63, 3.8) is 0 Å². The summed E-state index contributed by atoms with van der Waals surface area (Å²) in [5, 5.41) is 3.64. The minimum Gasteiger partial charge on any atom is -0.314 e. The van der Waals surface area contributed by atoms with Gasteiger partial charge in [0, 0.05) is 16.2 Å². The number of aryl methyl sites for hydroxylation is 2. The van der Waals surface area contributed by atoms with Crippen molar-refractivity contribution in [3.8, 4) is 0 Å². The second-order valence-corrected chi connectivity index (χ2v) is 7.32. The summed E-state index contributed by atoms with van der Waals surface area (Å²) >= 11 is 0. The lowest BCUT2D eigenvalue weighted by Gasteiger charge is -2.18. The van der Waals surface area contributed by atoms with Crippen molar-refractivity contribution in [2.24, 2.45) is 0 Å². The molecule has 0 heterocycles. The lowest BCUT2D eigenvalue weighted by molar-refractivity contribution is 0.508. The number of rotatable bonds is 7. The summed E-state index contributed by atoms with van der Waals surface area (Å²) in [5.74, 6) is 0. The van der Waals surface area contributed by atoms with Gasteiger partial charge in [0.05, 0.1) is 10.8 Å². The van der Waals surface area contributed by atoms with E-state index in [0.29, 0.717) is 6.04 Å². The second kappa shape index (κ2) is 7.81. The molecule has 0 spiro atoms. The first-order chi connectivity index (χ1) is 8.95. The highest BCUT2D eigenvalue weighted by Gasteiger charge is 2.16. The summed E-state index contributed by atoms with van der Waals surface area (Å²) in [4.78, 5) is 0.957. The van der Waals surface area contributed by atoms with Crippen LogP contribution in [0, 0.1) is 13.8 Å². The molecule has 1 N–H and O–H groups in total. The Hall–Kier alpha value is -0.670. The summed E-state index contributed by atoms with van der Waals surface area (Å²) in [5.41, 5.74) is 2.47. The van der Waals surface area contributed by atoms with E-state index in [9.17, 15) is 4.21 Å². The Morgan fingerprint density at radius 1 is 1.21 bits per heavy atom. The fourth-order valence-corrected chi connectivity index (χ4v) is 3.55. The van der Waals surface area contributed by atoms with Crippen molar-refractivity contribution in [2.45, 2.75) is 63.6 Å². The van der Waals surface area contributed by atoms with E-state index in [4.69, 9.17) is 0 Å². The maximum atomic E-state index is 12.5. The highest BCUT2D eigenvalue weighted by Crippen LogP contribution is 2.18. The molecule has 1 aromatic carbocycles. The third-order valence-corrected chi connectivity index (χ3v) is 5.15. The summed E-state index contributed by atoms with van der Waals surface area (Å²) in [6, 6.07) is 6.55. The van der Waals surface area contributed by atoms with Crippen LogP contribution >= 0.6 is 0 Å². The molecule has 1 aromatic rings. The topological polar surface area (TPSA) is 29.1 Å². The van der Waals surface area contributed by atoms with Gasteiger partial charge in [-0.2, -0.15) is 0 Å². The van der Waals surface area contributed by atoms with Crippen LogP contribution in [0.1, 0.15) is 44.7 Å². The molecule has 0 radical (unpaired) electrons. The first-order valence-corrected chi connectivity index (χ1v) is 8.38. The molecular formula is C16H27NOS. The molecule has 2 nitrogen and oxygen atoms in total. The van der Waals surface area contributed by atoms with E-state index in [0.717, 1.165) is 24.3 Å². The summed E-state index contributed by atoms with van der Waals surface area (Å²) in [7, 11) is -0.913. The third kappa shape index (κ3) is 5.07. The normalized spacial score (nSPS) is 16.1. The van der Waals surface area contributed by atoms with Gasteiger partial charge in [0.2, 0.25) is 0 Å². The number of benzene rings is 1. The highest BCUT2D eigenvalue weighted by atomic mass is 32.2. The summed E-state index contributed by atoms with van der Waals surface area (Å²) in [6.07, 6.45) is 2.08. The minimum absolute atomic E-state index is 0.182. The van der Waals surface area contributed by atoms with Gasteiger partial charge in [0.1, 0.15) is 0 Å². The number of hydrogen-bond donors (Lipinski definition) is 1. The maximum absolute atomic E-state index is 12.5. The van der Waals surface area contributed by atoms with E-state index in [2.05, 4.69) is 52.1 Å². The van der Waals surface area contributed by atoms with Crippen molar-refractivity contribution in [1.82, 2.24) is 5.32 Å². The Bertz CT molecular complexity index is 431. The first-order valence-electron chi connectivity index (χ1n) is 7.17. The van der Waals surface area contributed by atoms with E-state index in [-0.39, 0.29) is 5.25 Å². The number of nitrogens with one attached hydrogen (secondary N) is 1. The fraction of sp³-hybridized carbons (Fsp3) is 0.625. The van der Waals surface area contributed by atoms with Crippen LogP contribution in [0.4, 0.5) is 0 Å². The maximum Gasteiger partial charge on any atom is 0.0558 e. The van der Waals surface area contributed by atoms with Crippen molar-refractivity contribution < 1.29 is 4.21 Å². The molecule has 1 rings (SSSR count). The molecule has 0 aliphatic rings. The lowest BCUT2D eigenvalue weighted by Crippen LogP contribution is -2.31. The van der Waals surface area contributed by atoms with E-state index >= 15 is 0 Å². The van der Waals surface area contributed by atoms with E-state index < -0.39 is 10.8 Å². The molecule has 0 saturated carbocycles. The van der Waals surface area contributed by atoms with Crippen LogP contribution < -0.4 is 5.32 Å². The zero-order chi connectivity index (χ0) is 14.4. The molecule has 0 fully saturated rings. The Morgan fingerprint density at radius 3 is 2.47 bits per heavy atom. The van der Waals surface area contributed by atoms with Crippen molar-refractivity contribution >= 4 is 10.8 Å². The smallest absolute Gasteiger partial charge is 0.0558 e. The Kier molecular flexibility index (Phi) is 6.73. The summed E-state index contributed by atoms with van der Waals surface area (Å²) in [6.45, 7) is 11.6. The Balaban J connectivity index is 2.63. The lowest BCUT2D eigenvalue weighted by atomic mass is 10.1. The van der Waals surface area contributed by atoms with E-state index in [1.807, 2.05) is 6.07 Å². The predicted molar refractivity (Wildman–Crippen MR) is 84.2 cm³/mol. The zero-order valence-electron chi connectivity index (χ0n) is 12.8. The van der Waals surface area contributed by atoms with Crippen LogP contribution in [0.3, 0.4) is 0 Å². The quantitative estimate of drug-likeness (QED) is 0.827. The van der Waals surface area contributed by atoms with Gasteiger partial charge < -0.3 is 5.32 Å². The standard InChI is InChI=1S/C16H27NOS/c1-6-9-17-14(4)11-15(5)19(18)16-8-7-12(2)13(3)10-16/h7-8,10,14-15,17H,6,9,11H2,1-5H3. The van der Waals surface area contributed by atoms with Gasteiger partial charge in [-0.05, 0) is 63.4 Å². The largest absolute Gasteiger partial charge is 0.314 e. The highest BCUT2D eigenvalue weighted by molar-refractivity contribution is 7.85. The zero-order valence-corrected chi connectivity index (χ0v) is 13.6. The summed E-state index contributed by atoms with van der Waals surface area (Å²) < 4.78 is 12.5. The van der Waals surface area contributed by atoms with Crippen molar-refractivity contribution in [3.05, 3.63) is 29.3 Å². The van der Waals surface area contributed by atoms with Crippen LogP contribution in [0.2, 0.25) is 0 Å². The monoisotopic (exact) mass is 281 g/mol. The Morgan fingerprint density at radius 2 is 1.89 bits per heavy atom. The van der Waals surface area contributed by atoms with Gasteiger partial charge >= 0.3 is 0 Å². The van der Waals surface area contributed by atoms with Gasteiger partial charge in [0.25, 0.3) is 0 Å². The van der Waals surface area contributed by atoms with E-state index in [1.165, 1.54) is 11.1 Å². The first kappa shape index (κ1) is 16.4. The molecule has 0 bridgehead atoms. The van der Waals surface area contributed by atoms with Gasteiger partial charge in [0.15, 0.2) is 0 Å². The molecular weight excluding hydrogens is 254 g/mol. The molecule has 0 aliphatic heterocycles. The molecule has 3 heteroatoms. The van der Waals surface area contributed by atoms with Crippen LogP contribution in [0.15, 0.2) is 23.1 Å². The molecule has 3 atom stereocenters. The van der Waals surface area contributed by atoms with Gasteiger partial charge in [-0.3, -0.25) is 4.21 Å². The van der Waals surface area contributed by atoms with Crippen molar-refractivity contribution in [2.75, 3.05) is 6.54 Å². The molecule has 108 valence electrons. The van der Waals surface area contributed by atoms with Crippen LogP contribution in [0.25, 0.3) is 0 Å². The van der Waals surface area contributed by atoms with E-state index in [1.54, 1.807) is 0 Å². The molecule has 0 amide bonds. The molecule has 19 heavy (non-hydrogen) atoms. The van der Waals surface area contributed by atoms with Crippen LogP contribution in [-0.2, 0) is 10.8 Å². The molecule has 0 saturated heterocycles. The van der Waals surface area contributed by atoms with Gasteiger partial charge in [-0.1, -0.05) is 19.9 Å². The fourth-order valence-electron chi connectivity index (χ4n) is 2.13. The van der Waals surface area contributed by atoms with Crippen molar-refractivity contribution in [1.29, 1.82) is 0 Å². The Labute approximate surface area is 120 Å². The third-order valence-electron chi connectivity index (χ3n) is 3.50. The minimum atomic E-state index is -0.913. The second-order valence-electron chi connectivity index (χ2n) is 5.44.